The molecule has 0 saturated carbocycles. The standard InChI is InChI=1S/C20H31N3O4/c21-13-5-4-9-16(19(25)23-14-6-10-17(23)20(26)27)22-18(24)12-11-15-7-2-1-3-8-15/h1-3,7-8,16-18,22,24H,4-6,9-14,21H2,(H,26,27)/t16-,17-,18-/m0/s1. The molecular formula is C20H31N3O4. The van der Waals surface area contributed by atoms with Crippen LogP contribution in [0.4, 0.5) is 0 Å². The van der Waals surface area contributed by atoms with Gasteiger partial charge in [-0.15, -0.1) is 0 Å². The number of hydrogen-bond donors (Lipinski definition) is 4. The van der Waals surface area contributed by atoms with Crippen LogP contribution in [0, 0.1) is 0 Å². The first-order valence-corrected chi connectivity index (χ1v) is 9.74. The van der Waals surface area contributed by atoms with Crippen molar-refractivity contribution >= 4 is 11.9 Å². The second-order valence-electron chi connectivity index (χ2n) is 7.07. The van der Waals surface area contributed by atoms with Crippen LogP contribution in [0.2, 0.25) is 0 Å². The van der Waals surface area contributed by atoms with Crippen LogP contribution in [0.25, 0.3) is 0 Å². The van der Waals surface area contributed by atoms with E-state index >= 15 is 0 Å². The van der Waals surface area contributed by atoms with Gasteiger partial charge in [-0.3, -0.25) is 10.1 Å². The fourth-order valence-corrected chi connectivity index (χ4v) is 3.52. The Bertz CT molecular complexity index is 596. The lowest BCUT2D eigenvalue weighted by Gasteiger charge is -2.29. The predicted octanol–water partition coefficient (Wildman–Crippen LogP) is 1.10. The molecule has 1 amide bonds. The smallest absolute Gasteiger partial charge is 0.326 e. The number of carbonyl (C=O) groups is 2. The molecule has 1 heterocycles. The molecule has 0 radical (unpaired) electrons. The number of aliphatic hydroxyl groups is 1. The Morgan fingerprint density at radius 1 is 1.22 bits per heavy atom. The Kier molecular flexibility index (Phi) is 8.71. The first-order chi connectivity index (χ1) is 13.0. The van der Waals surface area contributed by atoms with Crippen molar-refractivity contribution in [2.75, 3.05) is 13.1 Å². The number of nitrogens with one attached hydrogen (secondary N) is 1. The highest BCUT2D eigenvalue weighted by molar-refractivity contribution is 5.87. The molecule has 27 heavy (non-hydrogen) atoms. The molecule has 3 atom stereocenters. The van der Waals surface area contributed by atoms with E-state index in [9.17, 15) is 19.8 Å². The van der Waals surface area contributed by atoms with Crippen molar-refractivity contribution in [2.24, 2.45) is 5.73 Å². The van der Waals surface area contributed by atoms with E-state index in [2.05, 4.69) is 5.32 Å². The number of nitrogens with zero attached hydrogens (tertiary/aromatic N) is 1. The number of amides is 1. The topological polar surface area (TPSA) is 116 Å². The van der Waals surface area contributed by atoms with E-state index in [1.807, 2.05) is 30.3 Å². The SMILES string of the molecule is NCCCC[C@H](N[C@@H](O)CCc1ccccc1)C(=O)N1CCC[C@H]1C(=O)O. The number of unbranched alkanes of at least 4 members (excludes halogenated alkanes) is 1. The van der Waals surface area contributed by atoms with Crippen molar-refractivity contribution in [2.45, 2.75) is 63.3 Å². The highest BCUT2D eigenvalue weighted by Crippen LogP contribution is 2.20. The van der Waals surface area contributed by atoms with Crippen LogP contribution in [-0.2, 0) is 16.0 Å². The summed E-state index contributed by atoms with van der Waals surface area (Å²) in [4.78, 5) is 25.8. The van der Waals surface area contributed by atoms with Crippen molar-refractivity contribution < 1.29 is 19.8 Å². The maximum atomic E-state index is 12.9. The molecule has 1 fully saturated rings. The molecule has 1 aliphatic heterocycles. The Morgan fingerprint density at radius 2 is 1.96 bits per heavy atom. The lowest BCUT2D eigenvalue weighted by molar-refractivity contribution is -0.149. The summed E-state index contributed by atoms with van der Waals surface area (Å²) in [5.41, 5.74) is 6.67. The van der Waals surface area contributed by atoms with Crippen LogP contribution < -0.4 is 11.1 Å². The van der Waals surface area contributed by atoms with Gasteiger partial charge in [0.15, 0.2) is 0 Å². The minimum atomic E-state index is -0.966. The second kappa shape index (κ2) is 11.0. The van der Waals surface area contributed by atoms with E-state index in [0.29, 0.717) is 45.2 Å². The zero-order valence-corrected chi connectivity index (χ0v) is 15.7. The number of aliphatic hydroxyl groups excluding tert-OH is 1. The van der Waals surface area contributed by atoms with Crippen LogP contribution in [-0.4, -0.2) is 58.4 Å². The Labute approximate surface area is 160 Å². The average molecular weight is 377 g/mol. The number of likely N-dealkylation sites (tertiary alicyclic amines) is 1. The van der Waals surface area contributed by atoms with Crippen LogP contribution >= 0.6 is 0 Å². The average Bonchev–Trinajstić information content (AvgIpc) is 3.16. The fraction of sp³-hybridized carbons (Fsp3) is 0.600. The number of rotatable bonds is 11. The number of hydrogen-bond acceptors (Lipinski definition) is 5. The van der Waals surface area contributed by atoms with Crippen LogP contribution in [0.1, 0.15) is 44.1 Å². The molecule has 150 valence electrons. The van der Waals surface area contributed by atoms with E-state index in [1.165, 1.54) is 4.90 Å². The summed E-state index contributed by atoms with van der Waals surface area (Å²) in [6.45, 7) is 0.990. The monoisotopic (exact) mass is 377 g/mol. The maximum Gasteiger partial charge on any atom is 0.326 e. The zero-order chi connectivity index (χ0) is 19.6. The summed E-state index contributed by atoms with van der Waals surface area (Å²) < 4.78 is 0. The zero-order valence-electron chi connectivity index (χ0n) is 15.7. The maximum absolute atomic E-state index is 12.9. The number of carboxylic acid groups (broad SMARTS) is 1. The normalized spacial score (nSPS) is 19.0. The van der Waals surface area contributed by atoms with E-state index in [4.69, 9.17) is 5.73 Å². The Hall–Kier alpha value is -1.96. The van der Waals surface area contributed by atoms with Crippen molar-refractivity contribution in [3.05, 3.63) is 35.9 Å². The Morgan fingerprint density at radius 3 is 2.63 bits per heavy atom. The van der Waals surface area contributed by atoms with Crippen molar-refractivity contribution in [1.82, 2.24) is 10.2 Å². The molecule has 5 N–H and O–H groups in total. The molecule has 1 aromatic rings. The van der Waals surface area contributed by atoms with Gasteiger partial charge in [-0.2, -0.15) is 0 Å². The second-order valence-corrected chi connectivity index (χ2v) is 7.07. The number of benzene rings is 1. The minimum Gasteiger partial charge on any atom is -0.480 e. The number of nitrogens with two attached hydrogens (primary N) is 1. The van der Waals surface area contributed by atoms with Gasteiger partial charge in [0.1, 0.15) is 12.3 Å². The first kappa shape index (κ1) is 21.3. The molecule has 0 bridgehead atoms. The molecule has 1 aromatic carbocycles. The fourth-order valence-electron chi connectivity index (χ4n) is 3.52. The summed E-state index contributed by atoms with van der Waals surface area (Å²) >= 11 is 0. The van der Waals surface area contributed by atoms with Gasteiger partial charge < -0.3 is 20.8 Å². The molecule has 0 aromatic heterocycles. The van der Waals surface area contributed by atoms with Crippen molar-refractivity contribution in [1.29, 1.82) is 0 Å². The molecule has 0 aliphatic carbocycles. The van der Waals surface area contributed by atoms with E-state index in [-0.39, 0.29) is 5.91 Å². The molecular weight excluding hydrogens is 346 g/mol. The van der Waals surface area contributed by atoms with E-state index in [1.54, 1.807) is 0 Å². The number of aryl methyl sites for hydroxylation is 1. The van der Waals surface area contributed by atoms with Gasteiger partial charge in [0.2, 0.25) is 5.91 Å². The van der Waals surface area contributed by atoms with Gasteiger partial charge >= 0.3 is 5.97 Å². The van der Waals surface area contributed by atoms with E-state index < -0.39 is 24.3 Å². The quantitative estimate of drug-likeness (QED) is 0.339. The van der Waals surface area contributed by atoms with Crippen molar-refractivity contribution in [3.8, 4) is 0 Å². The molecule has 0 spiro atoms. The molecule has 0 unspecified atom stereocenters. The van der Waals surface area contributed by atoms with Crippen LogP contribution in [0.5, 0.6) is 0 Å². The highest BCUT2D eigenvalue weighted by Gasteiger charge is 2.37. The highest BCUT2D eigenvalue weighted by atomic mass is 16.4. The van der Waals surface area contributed by atoms with Gasteiger partial charge in [-0.1, -0.05) is 36.8 Å². The lowest BCUT2D eigenvalue weighted by atomic mass is 10.1. The molecule has 7 heteroatoms. The van der Waals surface area contributed by atoms with Gasteiger partial charge in [-0.05, 0) is 50.6 Å². The van der Waals surface area contributed by atoms with Gasteiger partial charge in [0.25, 0.3) is 0 Å². The summed E-state index contributed by atoms with van der Waals surface area (Å²) in [5.74, 6) is -1.21. The number of carboxylic acids is 1. The van der Waals surface area contributed by atoms with Crippen LogP contribution in [0.15, 0.2) is 30.3 Å². The third-order valence-electron chi connectivity index (χ3n) is 5.01. The molecule has 1 aliphatic rings. The summed E-state index contributed by atoms with van der Waals surface area (Å²) in [7, 11) is 0. The van der Waals surface area contributed by atoms with Gasteiger partial charge in [0.05, 0.1) is 6.04 Å². The number of aliphatic carboxylic acids is 1. The van der Waals surface area contributed by atoms with Crippen LogP contribution in [0.3, 0.4) is 0 Å². The number of carbonyl (C=O) groups excluding carboxylic acids is 1. The largest absolute Gasteiger partial charge is 0.480 e. The molecule has 1 saturated heterocycles. The lowest BCUT2D eigenvalue weighted by Crippen LogP contribution is -2.52. The molecule has 7 nitrogen and oxygen atoms in total. The predicted molar refractivity (Wildman–Crippen MR) is 103 cm³/mol. The van der Waals surface area contributed by atoms with E-state index in [0.717, 1.165) is 18.4 Å². The summed E-state index contributed by atoms with van der Waals surface area (Å²) in [5, 5.41) is 22.7. The van der Waals surface area contributed by atoms with Gasteiger partial charge in [0, 0.05) is 6.54 Å². The first-order valence-electron chi connectivity index (χ1n) is 9.74. The third-order valence-corrected chi connectivity index (χ3v) is 5.01. The molecule has 2 rings (SSSR count). The Balaban J connectivity index is 1.95. The van der Waals surface area contributed by atoms with Gasteiger partial charge in [-0.25, -0.2) is 4.79 Å². The summed E-state index contributed by atoms with van der Waals surface area (Å²) in [6, 6.07) is 8.48. The summed E-state index contributed by atoms with van der Waals surface area (Å²) in [6.07, 6.45) is 3.57. The third kappa shape index (κ3) is 6.61. The van der Waals surface area contributed by atoms with Crippen molar-refractivity contribution in [3.63, 3.8) is 0 Å². The minimum absolute atomic E-state index is 0.240.